The summed E-state index contributed by atoms with van der Waals surface area (Å²) in [7, 11) is 0. The summed E-state index contributed by atoms with van der Waals surface area (Å²) in [6.45, 7) is 8.04. The van der Waals surface area contributed by atoms with Gasteiger partial charge in [-0.05, 0) is 94.8 Å². The molecule has 1 saturated carbocycles. The second-order valence-corrected chi connectivity index (χ2v) is 9.35. The van der Waals surface area contributed by atoms with Crippen molar-refractivity contribution in [2.24, 2.45) is 11.8 Å². The Morgan fingerprint density at radius 2 is 1.63 bits per heavy atom. The van der Waals surface area contributed by atoms with Gasteiger partial charge in [0.05, 0.1) is 6.10 Å². The first kappa shape index (κ1) is 21.6. The van der Waals surface area contributed by atoms with Crippen molar-refractivity contribution in [2.75, 3.05) is 56.0 Å². The first-order valence-corrected chi connectivity index (χ1v) is 11.9. The summed E-state index contributed by atoms with van der Waals surface area (Å²) in [4.78, 5) is 17.5. The molecule has 3 aliphatic rings. The average molecular weight is 415 g/mol. The highest BCUT2D eigenvalue weighted by atomic mass is 16.3. The largest absolute Gasteiger partial charge is 0.393 e. The maximum atomic E-state index is 12.5. The predicted octanol–water partition coefficient (Wildman–Crippen LogP) is 2.69. The lowest BCUT2D eigenvalue weighted by atomic mass is 9.87. The number of nitrogens with zero attached hydrogens (tertiary/aromatic N) is 2. The molecule has 166 valence electrons. The number of hydrogen-bond acceptors (Lipinski definition) is 5. The van der Waals surface area contributed by atoms with Gasteiger partial charge in [-0.3, -0.25) is 9.69 Å². The molecule has 6 nitrogen and oxygen atoms in total. The molecular formula is C24H38N4O2. The van der Waals surface area contributed by atoms with E-state index in [-0.39, 0.29) is 17.9 Å². The summed E-state index contributed by atoms with van der Waals surface area (Å²) in [6, 6.07) is 8.30. The Labute approximate surface area is 181 Å². The Bertz CT molecular complexity index is 658. The highest BCUT2D eigenvalue weighted by Gasteiger charge is 2.25. The van der Waals surface area contributed by atoms with Crippen molar-refractivity contribution in [1.82, 2.24) is 10.2 Å². The molecule has 2 heterocycles. The van der Waals surface area contributed by atoms with Crippen LogP contribution in [0.25, 0.3) is 0 Å². The lowest BCUT2D eigenvalue weighted by Gasteiger charge is -2.37. The zero-order chi connectivity index (χ0) is 20.8. The Balaban J connectivity index is 1.19. The molecule has 1 amide bonds. The third-order valence-corrected chi connectivity index (χ3v) is 7.25. The molecule has 30 heavy (non-hydrogen) atoms. The SMILES string of the molecule is O=C(Nc1ccc(N2CCN(CCC3CCNCC3)CC2)cc1)C1CCC(O)CC1. The van der Waals surface area contributed by atoms with E-state index in [1.54, 1.807) is 0 Å². The van der Waals surface area contributed by atoms with Gasteiger partial charge in [0, 0.05) is 43.5 Å². The van der Waals surface area contributed by atoms with E-state index in [0.717, 1.165) is 63.5 Å². The van der Waals surface area contributed by atoms with E-state index in [0.29, 0.717) is 0 Å². The fourth-order valence-corrected chi connectivity index (χ4v) is 5.10. The number of nitrogens with one attached hydrogen (secondary N) is 2. The number of carbonyl (C=O) groups is 1. The molecule has 0 spiro atoms. The van der Waals surface area contributed by atoms with Crippen LogP contribution in [-0.2, 0) is 4.79 Å². The molecule has 1 aromatic carbocycles. The van der Waals surface area contributed by atoms with Crippen LogP contribution in [0.4, 0.5) is 11.4 Å². The Kier molecular flexibility index (Phi) is 7.63. The lowest BCUT2D eigenvalue weighted by Crippen LogP contribution is -2.47. The number of hydrogen-bond donors (Lipinski definition) is 3. The normalized spacial score (nSPS) is 26.5. The maximum absolute atomic E-state index is 12.5. The van der Waals surface area contributed by atoms with E-state index >= 15 is 0 Å². The van der Waals surface area contributed by atoms with E-state index in [1.807, 2.05) is 12.1 Å². The van der Waals surface area contributed by atoms with Crippen molar-refractivity contribution in [1.29, 1.82) is 0 Å². The van der Waals surface area contributed by atoms with Crippen molar-refractivity contribution in [3.8, 4) is 0 Å². The minimum atomic E-state index is -0.224. The second kappa shape index (κ2) is 10.6. The number of piperidine rings is 1. The Hall–Kier alpha value is -1.63. The molecule has 0 atom stereocenters. The third kappa shape index (κ3) is 5.96. The molecule has 0 unspecified atom stereocenters. The predicted molar refractivity (Wildman–Crippen MR) is 122 cm³/mol. The number of anilines is 2. The van der Waals surface area contributed by atoms with Gasteiger partial charge in [0.1, 0.15) is 0 Å². The monoisotopic (exact) mass is 414 g/mol. The number of aliphatic hydroxyl groups is 1. The fourth-order valence-electron chi connectivity index (χ4n) is 5.10. The van der Waals surface area contributed by atoms with Gasteiger partial charge in [0.25, 0.3) is 0 Å². The minimum Gasteiger partial charge on any atom is -0.393 e. The fraction of sp³-hybridized carbons (Fsp3) is 0.708. The van der Waals surface area contributed by atoms with Gasteiger partial charge >= 0.3 is 0 Å². The number of amides is 1. The van der Waals surface area contributed by atoms with E-state index in [9.17, 15) is 9.90 Å². The van der Waals surface area contributed by atoms with E-state index < -0.39 is 0 Å². The summed E-state index contributed by atoms with van der Waals surface area (Å²) in [5, 5.41) is 16.1. The van der Waals surface area contributed by atoms with Crippen LogP contribution in [0.1, 0.15) is 44.9 Å². The zero-order valence-electron chi connectivity index (χ0n) is 18.2. The Morgan fingerprint density at radius 3 is 2.30 bits per heavy atom. The highest BCUT2D eigenvalue weighted by Crippen LogP contribution is 2.26. The average Bonchev–Trinajstić information content (AvgIpc) is 2.80. The molecule has 1 aliphatic carbocycles. The number of carbonyl (C=O) groups excluding carboxylic acids is 1. The van der Waals surface area contributed by atoms with Crippen LogP contribution >= 0.6 is 0 Å². The maximum Gasteiger partial charge on any atom is 0.227 e. The summed E-state index contributed by atoms with van der Waals surface area (Å²) >= 11 is 0. The first-order chi connectivity index (χ1) is 14.7. The smallest absolute Gasteiger partial charge is 0.227 e. The van der Waals surface area contributed by atoms with Crippen LogP contribution in [0.3, 0.4) is 0 Å². The molecule has 3 N–H and O–H groups in total. The van der Waals surface area contributed by atoms with E-state index in [1.165, 1.54) is 44.6 Å². The van der Waals surface area contributed by atoms with Gasteiger partial charge in [0.15, 0.2) is 0 Å². The van der Waals surface area contributed by atoms with Crippen molar-refractivity contribution >= 4 is 17.3 Å². The van der Waals surface area contributed by atoms with Crippen LogP contribution < -0.4 is 15.5 Å². The standard InChI is InChI=1S/C24H38N4O2/c29-23-7-1-20(2-8-23)24(30)26-21-3-5-22(6-4-21)28-17-15-27(16-18-28)14-11-19-9-12-25-13-10-19/h3-6,19-20,23,25,29H,1-2,7-18H2,(H,26,30). The van der Waals surface area contributed by atoms with Gasteiger partial charge in [-0.25, -0.2) is 0 Å². The molecule has 0 radical (unpaired) electrons. The van der Waals surface area contributed by atoms with E-state index in [4.69, 9.17) is 0 Å². The third-order valence-electron chi connectivity index (χ3n) is 7.25. The molecule has 3 fully saturated rings. The molecule has 0 bridgehead atoms. The minimum absolute atomic E-state index is 0.0334. The highest BCUT2D eigenvalue weighted by molar-refractivity contribution is 5.92. The van der Waals surface area contributed by atoms with Crippen LogP contribution in [0.15, 0.2) is 24.3 Å². The summed E-state index contributed by atoms with van der Waals surface area (Å²) in [5.74, 6) is 1.04. The van der Waals surface area contributed by atoms with Crippen LogP contribution in [0.2, 0.25) is 0 Å². The quantitative estimate of drug-likeness (QED) is 0.668. The molecule has 6 heteroatoms. The van der Waals surface area contributed by atoms with Crippen molar-refractivity contribution in [3.63, 3.8) is 0 Å². The van der Waals surface area contributed by atoms with Crippen molar-refractivity contribution < 1.29 is 9.90 Å². The first-order valence-electron chi connectivity index (χ1n) is 11.9. The van der Waals surface area contributed by atoms with Gasteiger partial charge in [-0.1, -0.05) is 0 Å². The zero-order valence-corrected chi connectivity index (χ0v) is 18.2. The number of piperazine rings is 1. The Morgan fingerprint density at radius 1 is 0.967 bits per heavy atom. The van der Waals surface area contributed by atoms with E-state index in [2.05, 4.69) is 32.6 Å². The molecule has 2 aliphatic heterocycles. The van der Waals surface area contributed by atoms with Crippen molar-refractivity contribution in [3.05, 3.63) is 24.3 Å². The number of aliphatic hydroxyl groups excluding tert-OH is 1. The topological polar surface area (TPSA) is 67.8 Å². The molecular weight excluding hydrogens is 376 g/mol. The number of benzene rings is 1. The van der Waals surface area contributed by atoms with Gasteiger partial charge in [-0.2, -0.15) is 0 Å². The van der Waals surface area contributed by atoms with Crippen molar-refractivity contribution in [2.45, 2.75) is 51.0 Å². The lowest BCUT2D eigenvalue weighted by molar-refractivity contribution is -0.121. The van der Waals surface area contributed by atoms with Gasteiger partial charge in [-0.15, -0.1) is 0 Å². The van der Waals surface area contributed by atoms with Gasteiger partial charge < -0.3 is 20.6 Å². The van der Waals surface area contributed by atoms with Crippen LogP contribution in [0, 0.1) is 11.8 Å². The van der Waals surface area contributed by atoms with Crippen LogP contribution in [-0.4, -0.2) is 67.8 Å². The molecule has 1 aromatic rings. The molecule has 2 saturated heterocycles. The molecule has 0 aromatic heterocycles. The van der Waals surface area contributed by atoms with Gasteiger partial charge in [0.2, 0.25) is 5.91 Å². The number of rotatable bonds is 6. The summed E-state index contributed by atoms with van der Waals surface area (Å²) in [5.41, 5.74) is 2.11. The second-order valence-electron chi connectivity index (χ2n) is 9.35. The molecule has 4 rings (SSSR count). The summed E-state index contributed by atoms with van der Waals surface area (Å²) in [6.07, 6.45) is 6.84. The summed E-state index contributed by atoms with van der Waals surface area (Å²) < 4.78 is 0. The van der Waals surface area contributed by atoms with Crippen LogP contribution in [0.5, 0.6) is 0 Å².